The molecule has 0 aromatic heterocycles. The Labute approximate surface area is 131 Å². The van der Waals surface area contributed by atoms with Gasteiger partial charge in [-0.25, -0.2) is 0 Å². The van der Waals surface area contributed by atoms with E-state index in [0.717, 1.165) is 24.4 Å². The molecule has 20 heavy (non-hydrogen) atoms. The fraction of sp³-hybridized carbons (Fsp3) is 0.647. The van der Waals surface area contributed by atoms with Crippen molar-refractivity contribution in [1.29, 1.82) is 0 Å². The van der Waals surface area contributed by atoms with Crippen molar-refractivity contribution in [1.82, 2.24) is 5.32 Å². The molecule has 0 bridgehead atoms. The smallest absolute Gasteiger partial charge is 0.0412 e. The van der Waals surface area contributed by atoms with Crippen molar-refractivity contribution in [2.75, 3.05) is 18.0 Å². The number of rotatable bonds is 4. The molecule has 0 radical (unpaired) electrons. The second-order valence-corrected chi connectivity index (χ2v) is 7.69. The molecule has 2 aliphatic rings. The lowest BCUT2D eigenvalue weighted by molar-refractivity contribution is 0.356. The fourth-order valence-corrected chi connectivity index (χ4v) is 3.81. The molecule has 1 aromatic rings. The molecule has 1 aromatic carbocycles. The fourth-order valence-electron chi connectivity index (χ4n) is 3.41. The molecule has 0 spiro atoms. The van der Waals surface area contributed by atoms with Crippen molar-refractivity contribution in [2.45, 2.75) is 45.7 Å². The zero-order valence-electron chi connectivity index (χ0n) is 12.5. The Morgan fingerprint density at radius 2 is 1.90 bits per heavy atom. The number of anilines is 1. The molecule has 2 unspecified atom stereocenters. The molecule has 1 saturated heterocycles. The first kappa shape index (κ1) is 14.4. The predicted octanol–water partition coefficient (Wildman–Crippen LogP) is 4.18. The Kier molecular flexibility index (Phi) is 4.37. The van der Waals surface area contributed by atoms with Gasteiger partial charge in [0.2, 0.25) is 0 Å². The minimum Gasteiger partial charge on any atom is -0.371 e. The number of hydrogen-bond acceptors (Lipinski definition) is 2. The highest BCUT2D eigenvalue weighted by Crippen LogP contribution is 2.31. The van der Waals surface area contributed by atoms with Crippen LogP contribution in [0.3, 0.4) is 0 Å². The van der Waals surface area contributed by atoms with Crippen molar-refractivity contribution in [2.24, 2.45) is 11.8 Å². The molecule has 1 N–H and O–H groups in total. The van der Waals surface area contributed by atoms with Crippen LogP contribution in [0.1, 0.15) is 38.7 Å². The van der Waals surface area contributed by atoms with Gasteiger partial charge >= 0.3 is 0 Å². The summed E-state index contributed by atoms with van der Waals surface area (Å²) >= 11 is 3.62. The molecule has 2 nitrogen and oxygen atoms in total. The SMILES string of the molecule is CC1CC(C)CN(c2ccc(Br)cc2CNC2CC2)C1. The van der Waals surface area contributed by atoms with Gasteiger partial charge in [0.15, 0.2) is 0 Å². The van der Waals surface area contributed by atoms with Crippen LogP contribution in [-0.4, -0.2) is 19.1 Å². The highest BCUT2D eigenvalue weighted by molar-refractivity contribution is 9.10. The van der Waals surface area contributed by atoms with E-state index in [1.165, 1.54) is 48.1 Å². The van der Waals surface area contributed by atoms with E-state index in [0.29, 0.717) is 0 Å². The number of piperidine rings is 1. The van der Waals surface area contributed by atoms with E-state index < -0.39 is 0 Å². The molecule has 1 saturated carbocycles. The van der Waals surface area contributed by atoms with Crippen LogP contribution in [0.4, 0.5) is 5.69 Å². The number of benzene rings is 1. The summed E-state index contributed by atoms with van der Waals surface area (Å²) in [7, 11) is 0. The quantitative estimate of drug-likeness (QED) is 0.887. The Morgan fingerprint density at radius 3 is 2.55 bits per heavy atom. The first-order valence-electron chi connectivity index (χ1n) is 7.88. The van der Waals surface area contributed by atoms with Gasteiger partial charge in [-0.2, -0.15) is 0 Å². The van der Waals surface area contributed by atoms with Crippen molar-refractivity contribution in [3.63, 3.8) is 0 Å². The van der Waals surface area contributed by atoms with Gasteiger partial charge in [-0.15, -0.1) is 0 Å². The van der Waals surface area contributed by atoms with Crippen LogP contribution in [0.15, 0.2) is 22.7 Å². The van der Waals surface area contributed by atoms with Crippen LogP contribution >= 0.6 is 15.9 Å². The minimum absolute atomic E-state index is 0.765. The standard InChI is InChI=1S/C17H25BrN2/c1-12-7-13(2)11-20(10-12)17-6-3-15(18)8-14(17)9-19-16-4-5-16/h3,6,8,12-13,16,19H,4-5,7,9-11H2,1-2H3. The topological polar surface area (TPSA) is 15.3 Å². The highest BCUT2D eigenvalue weighted by atomic mass is 79.9. The minimum atomic E-state index is 0.765. The second kappa shape index (κ2) is 6.07. The third-order valence-electron chi connectivity index (χ3n) is 4.41. The molecule has 1 aliphatic heterocycles. The van der Waals surface area contributed by atoms with Gasteiger partial charge in [0.05, 0.1) is 0 Å². The van der Waals surface area contributed by atoms with Gasteiger partial charge in [-0.05, 0) is 54.9 Å². The number of halogens is 1. The van der Waals surface area contributed by atoms with E-state index in [4.69, 9.17) is 0 Å². The first-order chi connectivity index (χ1) is 9.61. The summed E-state index contributed by atoms with van der Waals surface area (Å²) in [5.74, 6) is 1.60. The van der Waals surface area contributed by atoms with Crippen LogP contribution in [0.25, 0.3) is 0 Å². The van der Waals surface area contributed by atoms with E-state index in [-0.39, 0.29) is 0 Å². The zero-order chi connectivity index (χ0) is 14.1. The monoisotopic (exact) mass is 336 g/mol. The lowest BCUT2D eigenvalue weighted by Crippen LogP contribution is -2.39. The van der Waals surface area contributed by atoms with Crippen LogP contribution in [0.2, 0.25) is 0 Å². The van der Waals surface area contributed by atoms with Crippen LogP contribution < -0.4 is 10.2 Å². The van der Waals surface area contributed by atoms with Gasteiger partial charge in [-0.1, -0.05) is 29.8 Å². The Morgan fingerprint density at radius 1 is 1.20 bits per heavy atom. The third kappa shape index (κ3) is 3.56. The molecule has 2 atom stereocenters. The molecule has 0 amide bonds. The summed E-state index contributed by atoms with van der Waals surface area (Å²) in [4.78, 5) is 2.59. The van der Waals surface area contributed by atoms with E-state index in [9.17, 15) is 0 Å². The lowest BCUT2D eigenvalue weighted by Gasteiger charge is -2.37. The van der Waals surface area contributed by atoms with Gasteiger partial charge in [0.1, 0.15) is 0 Å². The zero-order valence-corrected chi connectivity index (χ0v) is 14.1. The Balaban J connectivity index is 1.79. The highest BCUT2D eigenvalue weighted by Gasteiger charge is 2.25. The van der Waals surface area contributed by atoms with E-state index >= 15 is 0 Å². The molecule has 3 heteroatoms. The summed E-state index contributed by atoms with van der Waals surface area (Å²) in [5, 5.41) is 3.65. The van der Waals surface area contributed by atoms with Gasteiger partial charge in [0.25, 0.3) is 0 Å². The van der Waals surface area contributed by atoms with Crippen molar-refractivity contribution in [3.05, 3.63) is 28.2 Å². The summed E-state index contributed by atoms with van der Waals surface area (Å²) in [6.45, 7) is 8.15. The summed E-state index contributed by atoms with van der Waals surface area (Å²) in [6.07, 6.45) is 4.06. The van der Waals surface area contributed by atoms with Crippen molar-refractivity contribution < 1.29 is 0 Å². The molecule has 1 heterocycles. The number of nitrogens with zero attached hydrogens (tertiary/aromatic N) is 1. The van der Waals surface area contributed by atoms with Crippen LogP contribution in [0.5, 0.6) is 0 Å². The van der Waals surface area contributed by atoms with Gasteiger partial charge in [0, 0.05) is 35.8 Å². The number of hydrogen-bond donors (Lipinski definition) is 1. The first-order valence-corrected chi connectivity index (χ1v) is 8.68. The number of nitrogens with one attached hydrogen (secondary N) is 1. The molecular weight excluding hydrogens is 312 g/mol. The summed E-state index contributed by atoms with van der Waals surface area (Å²) < 4.78 is 1.19. The van der Waals surface area contributed by atoms with Gasteiger partial charge < -0.3 is 10.2 Å². The Hall–Kier alpha value is -0.540. The maximum atomic E-state index is 3.65. The molecule has 2 fully saturated rings. The van der Waals surface area contributed by atoms with E-state index in [1.54, 1.807) is 0 Å². The summed E-state index contributed by atoms with van der Waals surface area (Å²) in [6, 6.07) is 7.52. The molecule has 3 rings (SSSR count). The average molecular weight is 337 g/mol. The molecule has 110 valence electrons. The second-order valence-electron chi connectivity index (χ2n) is 6.78. The summed E-state index contributed by atoms with van der Waals surface area (Å²) in [5.41, 5.74) is 2.87. The molecule has 1 aliphatic carbocycles. The van der Waals surface area contributed by atoms with E-state index in [1.807, 2.05) is 0 Å². The maximum Gasteiger partial charge on any atom is 0.0412 e. The Bertz CT molecular complexity index is 460. The van der Waals surface area contributed by atoms with Crippen molar-refractivity contribution in [3.8, 4) is 0 Å². The average Bonchev–Trinajstić information content (AvgIpc) is 3.19. The van der Waals surface area contributed by atoms with Crippen LogP contribution in [0, 0.1) is 11.8 Å². The van der Waals surface area contributed by atoms with Crippen molar-refractivity contribution >= 4 is 21.6 Å². The van der Waals surface area contributed by atoms with Crippen LogP contribution in [-0.2, 0) is 6.54 Å². The van der Waals surface area contributed by atoms with Gasteiger partial charge in [-0.3, -0.25) is 0 Å². The lowest BCUT2D eigenvalue weighted by atomic mass is 9.91. The van der Waals surface area contributed by atoms with E-state index in [2.05, 4.69) is 58.2 Å². The molecular formula is C17H25BrN2. The normalized spacial score (nSPS) is 26.9. The third-order valence-corrected chi connectivity index (χ3v) is 4.90. The maximum absolute atomic E-state index is 3.65. The predicted molar refractivity (Wildman–Crippen MR) is 89.2 cm³/mol. The largest absolute Gasteiger partial charge is 0.371 e.